The molecule has 4 nitrogen and oxygen atoms in total. The van der Waals surface area contributed by atoms with E-state index < -0.39 is 12.1 Å². The molecule has 1 aliphatic rings. The Bertz CT molecular complexity index is 1290. The summed E-state index contributed by atoms with van der Waals surface area (Å²) in [5.41, 5.74) is 2.31. The van der Waals surface area contributed by atoms with Crippen LogP contribution in [0, 0.1) is 0 Å². The molecular formula is C28H20ClNO3. The molecule has 4 aromatic carbocycles. The van der Waals surface area contributed by atoms with Gasteiger partial charge in [0, 0.05) is 16.3 Å². The minimum Gasteiger partial charge on any atom is -0.482 e. The number of Topliss-reactive ketones (excluding diaryl/α,β-unsaturated/α-hetero) is 1. The van der Waals surface area contributed by atoms with Crippen LogP contribution in [0.1, 0.15) is 32.4 Å². The van der Waals surface area contributed by atoms with Crippen molar-refractivity contribution in [2.45, 2.75) is 12.1 Å². The number of fused-ring (bicyclic) bond motifs is 1. The molecule has 0 bridgehead atoms. The van der Waals surface area contributed by atoms with Crippen LogP contribution in [-0.4, -0.2) is 17.7 Å². The van der Waals surface area contributed by atoms with Crippen LogP contribution in [0.2, 0.25) is 5.02 Å². The van der Waals surface area contributed by atoms with E-state index in [1.165, 1.54) is 4.90 Å². The Morgan fingerprint density at radius 1 is 0.758 bits per heavy atom. The van der Waals surface area contributed by atoms with Crippen molar-refractivity contribution >= 4 is 29.0 Å². The van der Waals surface area contributed by atoms with Gasteiger partial charge in [0.05, 0.1) is 5.56 Å². The maximum Gasteiger partial charge on any atom is 0.259 e. The lowest BCUT2D eigenvalue weighted by atomic mass is 9.89. The number of halogens is 1. The van der Waals surface area contributed by atoms with Crippen molar-refractivity contribution in [3.05, 3.63) is 131 Å². The highest BCUT2D eigenvalue weighted by Gasteiger charge is 2.44. The predicted octanol–water partition coefficient (Wildman–Crippen LogP) is 6.37. The zero-order chi connectivity index (χ0) is 22.8. The standard InChI is InChI=1S/C28H20ClNO3/c29-21-15-17-22(18-16-21)30(28(32)20-11-5-2-6-12-20)25-26(31)23-13-7-8-14-24(23)33-27(25)19-9-3-1-4-10-19/h1-18,25,27H. The maximum atomic E-state index is 13.9. The van der Waals surface area contributed by atoms with E-state index in [2.05, 4.69) is 0 Å². The predicted molar refractivity (Wildman–Crippen MR) is 129 cm³/mol. The molecule has 0 aromatic heterocycles. The molecule has 1 aliphatic heterocycles. The number of rotatable bonds is 4. The van der Waals surface area contributed by atoms with Gasteiger partial charge in [-0.05, 0) is 54.1 Å². The largest absolute Gasteiger partial charge is 0.482 e. The van der Waals surface area contributed by atoms with Crippen molar-refractivity contribution in [1.82, 2.24) is 0 Å². The fraction of sp³-hybridized carbons (Fsp3) is 0.0714. The minimum absolute atomic E-state index is 0.176. The van der Waals surface area contributed by atoms with Crippen LogP contribution in [-0.2, 0) is 0 Å². The van der Waals surface area contributed by atoms with Gasteiger partial charge in [0.1, 0.15) is 11.8 Å². The molecule has 0 aliphatic carbocycles. The van der Waals surface area contributed by atoms with Crippen molar-refractivity contribution in [3.63, 3.8) is 0 Å². The summed E-state index contributed by atoms with van der Waals surface area (Å²) >= 11 is 6.12. The van der Waals surface area contributed by atoms with E-state index in [-0.39, 0.29) is 11.7 Å². The van der Waals surface area contributed by atoms with E-state index in [4.69, 9.17) is 16.3 Å². The number of carbonyl (C=O) groups excluding carboxylic acids is 2. The first-order valence-electron chi connectivity index (χ1n) is 10.6. The Labute approximate surface area is 197 Å². The summed E-state index contributed by atoms with van der Waals surface area (Å²) in [5.74, 6) is 0.0425. The van der Waals surface area contributed by atoms with Crippen LogP contribution >= 0.6 is 11.6 Å². The number of nitrogens with zero attached hydrogens (tertiary/aromatic N) is 1. The fourth-order valence-electron chi connectivity index (χ4n) is 4.14. The molecule has 33 heavy (non-hydrogen) atoms. The Morgan fingerprint density at radius 3 is 2.06 bits per heavy atom. The topological polar surface area (TPSA) is 46.6 Å². The van der Waals surface area contributed by atoms with Gasteiger partial charge < -0.3 is 4.74 Å². The lowest BCUT2D eigenvalue weighted by Crippen LogP contribution is -2.52. The molecular weight excluding hydrogens is 434 g/mol. The van der Waals surface area contributed by atoms with Gasteiger partial charge in [0.25, 0.3) is 5.91 Å². The van der Waals surface area contributed by atoms with Gasteiger partial charge in [0.15, 0.2) is 11.9 Å². The molecule has 0 fully saturated rings. The lowest BCUT2D eigenvalue weighted by Gasteiger charge is -2.39. The fourth-order valence-corrected chi connectivity index (χ4v) is 4.27. The molecule has 5 heteroatoms. The van der Waals surface area contributed by atoms with Crippen LogP contribution < -0.4 is 9.64 Å². The molecule has 0 spiro atoms. The highest BCUT2D eigenvalue weighted by Crippen LogP contribution is 2.39. The second kappa shape index (κ2) is 8.93. The van der Waals surface area contributed by atoms with Crippen LogP contribution in [0.15, 0.2) is 109 Å². The third-order valence-electron chi connectivity index (χ3n) is 5.71. The van der Waals surface area contributed by atoms with Gasteiger partial charge in [-0.3, -0.25) is 14.5 Å². The van der Waals surface area contributed by atoms with Crippen LogP contribution in [0.3, 0.4) is 0 Å². The molecule has 0 saturated carbocycles. The van der Waals surface area contributed by atoms with E-state index in [0.29, 0.717) is 27.6 Å². The monoisotopic (exact) mass is 453 g/mol. The van der Waals surface area contributed by atoms with Gasteiger partial charge in [-0.25, -0.2) is 0 Å². The molecule has 5 rings (SSSR count). The maximum absolute atomic E-state index is 13.9. The summed E-state index contributed by atoms with van der Waals surface area (Å²) in [5, 5.41) is 0.544. The summed E-state index contributed by atoms with van der Waals surface area (Å²) in [6, 6.07) is 31.6. The average molecular weight is 454 g/mol. The molecule has 162 valence electrons. The summed E-state index contributed by atoms with van der Waals surface area (Å²) in [7, 11) is 0. The van der Waals surface area contributed by atoms with Crippen LogP contribution in [0.5, 0.6) is 5.75 Å². The van der Waals surface area contributed by atoms with Crippen molar-refractivity contribution in [3.8, 4) is 5.75 Å². The molecule has 2 atom stereocenters. The minimum atomic E-state index is -0.906. The summed E-state index contributed by atoms with van der Waals surface area (Å²) < 4.78 is 6.37. The number of carbonyl (C=O) groups is 2. The lowest BCUT2D eigenvalue weighted by molar-refractivity contribution is 0.0730. The van der Waals surface area contributed by atoms with E-state index in [9.17, 15) is 9.59 Å². The Morgan fingerprint density at radius 2 is 1.36 bits per heavy atom. The van der Waals surface area contributed by atoms with Gasteiger partial charge >= 0.3 is 0 Å². The zero-order valence-corrected chi connectivity index (χ0v) is 18.4. The molecule has 0 N–H and O–H groups in total. The Kier molecular flexibility index (Phi) is 5.68. The number of hydrogen-bond acceptors (Lipinski definition) is 3. The average Bonchev–Trinajstić information content (AvgIpc) is 2.87. The number of ketones is 1. The Hall–Kier alpha value is -3.89. The zero-order valence-electron chi connectivity index (χ0n) is 17.6. The van der Waals surface area contributed by atoms with Gasteiger partial charge in [-0.1, -0.05) is 72.3 Å². The molecule has 1 heterocycles. The van der Waals surface area contributed by atoms with Crippen molar-refractivity contribution < 1.29 is 14.3 Å². The molecule has 4 aromatic rings. The van der Waals surface area contributed by atoms with Crippen LogP contribution in [0.4, 0.5) is 5.69 Å². The van der Waals surface area contributed by atoms with E-state index in [0.717, 1.165) is 5.56 Å². The molecule has 2 unspecified atom stereocenters. The molecule has 0 radical (unpaired) electrons. The van der Waals surface area contributed by atoms with Crippen molar-refractivity contribution in [2.75, 3.05) is 4.90 Å². The first-order valence-corrected chi connectivity index (χ1v) is 11.0. The number of para-hydroxylation sites is 1. The number of benzene rings is 4. The van der Waals surface area contributed by atoms with E-state index >= 15 is 0 Å². The Balaban J connectivity index is 1.70. The normalized spacial score (nSPS) is 17.1. The SMILES string of the molecule is O=C1c2ccccc2OC(c2ccccc2)C1N(C(=O)c1ccccc1)c1ccc(Cl)cc1. The number of ether oxygens (including phenoxy) is 1. The van der Waals surface area contributed by atoms with E-state index in [1.54, 1.807) is 66.7 Å². The first-order chi connectivity index (χ1) is 16.1. The summed E-state index contributed by atoms with van der Waals surface area (Å²) in [6.07, 6.45) is -0.683. The van der Waals surface area contributed by atoms with Crippen LogP contribution in [0.25, 0.3) is 0 Å². The number of anilines is 1. The summed E-state index contributed by atoms with van der Waals surface area (Å²) in [4.78, 5) is 29.3. The van der Waals surface area contributed by atoms with Gasteiger partial charge in [-0.15, -0.1) is 0 Å². The van der Waals surface area contributed by atoms with Crippen molar-refractivity contribution in [1.29, 1.82) is 0 Å². The first kappa shape index (κ1) is 21.0. The third-order valence-corrected chi connectivity index (χ3v) is 5.96. The highest BCUT2D eigenvalue weighted by atomic mass is 35.5. The van der Waals surface area contributed by atoms with Gasteiger partial charge in [0.2, 0.25) is 0 Å². The smallest absolute Gasteiger partial charge is 0.259 e. The summed E-state index contributed by atoms with van der Waals surface area (Å²) in [6.45, 7) is 0. The van der Waals surface area contributed by atoms with E-state index in [1.807, 2.05) is 42.5 Å². The molecule has 0 saturated heterocycles. The number of amides is 1. The second-order valence-corrected chi connectivity index (χ2v) is 8.21. The number of hydrogen-bond donors (Lipinski definition) is 0. The third kappa shape index (κ3) is 4.01. The second-order valence-electron chi connectivity index (χ2n) is 7.77. The van der Waals surface area contributed by atoms with Gasteiger partial charge in [-0.2, -0.15) is 0 Å². The quantitative estimate of drug-likeness (QED) is 0.360. The molecule has 1 amide bonds. The highest BCUT2D eigenvalue weighted by molar-refractivity contribution is 6.30. The van der Waals surface area contributed by atoms with Crippen molar-refractivity contribution in [2.24, 2.45) is 0 Å².